The Balaban J connectivity index is 2.11. The molecule has 1 aliphatic rings. The van der Waals surface area contributed by atoms with Gasteiger partial charge in [-0.2, -0.15) is 15.0 Å². The summed E-state index contributed by atoms with van der Waals surface area (Å²) in [5.41, 5.74) is 10.9. The van der Waals surface area contributed by atoms with Gasteiger partial charge in [-0.25, -0.2) is 0 Å². The molecule has 1 amide bonds. The summed E-state index contributed by atoms with van der Waals surface area (Å²) >= 11 is 0. The summed E-state index contributed by atoms with van der Waals surface area (Å²) in [4.78, 5) is 25.2. The quantitative estimate of drug-likeness (QED) is 0.740. The van der Waals surface area contributed by atoms with E-state index in [1.54, 1.807) is 0 Å². The molecule has 0 bridgehead atoms. The molecule has 0 spiro atoms. The standard InChI is InChI=1S/C11H18N6O2/c1-2-5-19-11-15-9(13)14-10(16-11)17-4-3-7(6-17)8(12)18/h7H,2-6H2,1H3,(H2,12,18)(H2,13,14,15,16). The van der Waals surface area contributed by atoms with Crippen molar-refractivity contribution < 1.29 is 9.53 Å². The minimum Gasteiger partial charge on any atom is -0.463 e. The first-order chi connectivity index (χ1) is 9.10. The molecule has 8 heteroatoms. The van der Waals surface area contributed by atoms with E-state index in [4.69, 9.17) is 16.2 Å². The fourth-order valence-electron chi connectivity index (χ4n) is 1.93. The second-order valence-corrected chi connectivity index (χ2v) is 4.46. The average molecular weight is 266 g/mol. The Morgan fingerprint density at radius 3 is 2.89 bits per heavy atom. The van der Waals surface area contributed by atoms with Gasteiger partial charge in [-0.05, 0) is 12.8 Å². The van der Waals surface area contributed by atoms with E-state index in [2.05, 4.69) is 15.0 Å². The lowest BCUT2D eigenvalue weighted by Crippen LogP contribution is -2.28. The third kappa shape index (κ3) is 3.21. The van der Waals surface area contributed by atoms with Gasteiger partial charge >= 0.3 is 6.01 Å². The summed E-state index contributed by atoms with van der Waals surface area (Å²) in [5, 5.41) is 0. The fraction of sp³-hybridized carbons (Fsp3) is 0.636. The van der Waals surface area contributed by atoms with Crippen LogP contribution in [-0.2, 0) is 4.79 Å². The van der Waals surface area contributed by atoms with Gasteiger partial charge in [0.25, 0.3) is 0 Å². The van der Waals surface area contributed by atoms with Crippen LogP contribution in [0.4, 0.5) is 11.9 Å². The molecular weight excluding hydrogens is 248 g/mol. The predicted molar refractivity (Wildman–Crippen MR) is 69.5 cm³/mol. The molecule has 8 nitrogen and oxygen atoms in total. The topological polar surface area (TPSA) is 120 Å². The van der Waals surface area contributed by atoms with Gasteiger partial charge in [0, 0.05) is 13.1 Å². The van der Waals surface area contributed by atoms with Crippen LogP contribution in [-0.4, -0.2) is 40.6 Å². The van der Waals surface area contributed by atoms with Crippen LogP contribution in [0.3, 0.4) is 0 Å². The summed E-state index contributed by atoms with van der Waals surface area (Å²) in [6.07, 6.45) is 1.56. The van der Waals surface area contributed by atoms with Gasteiger partial charge in [-0.1, -0.05) is 6.92 Å². The molecular formula is C11H18N6O2. The Bertz CT molecular complexity index is 466. The lowest BCUT2D eigenvalue weighted by molar-refractivity contribution is -0.121. The maximum absolute atomic E-state index is 11.1. The minimum absolute atomic E-state index is 0.110. The van der Waals surface area contributed by atoms with Crippen molar-refractivity contribution in [2.24, 2.45) is 11.7 Å². The normalized spacial score (nSPS) is 18.6. The Kier molecular flexibility index (Phi) is 3.98. The molecule has 1 saturated heterocycles. The zero-order valence-electron chi connectivity index (χ0n) is 10.9. The number of primary amides is 1. The van der Waals surface area contributed by atoms with E-state index in [0.717, 1.165) is 6.42 Å². The molecule has 1 unspecified atom stereocenters. The number of ether oxygens (including phenoxy) is 1. The summed E-state index contributed by atoms with van der Waals surface area (Å²) in [6, 6.07) is 0.215. The summed E-state index contributed by atoms with van der Waals surface area (Å²) in [6.45, 7) is 3.69. The van der Waals surface area contributed by atoms with Crippen molar-refractivity contribution in [1.29, 1.82) is 0 Å². The van der Waals surface area contributed by atoms with Crippen LogP contribution in [0.5, 0.6) is 6.01 Å². The molecule has 0 saturated carbocycles. The van der Waals surface area contributed by atoms with E-state index < -0.39 is 0 Å². The number of nitrogen functional groups attached to an aromatic ring is 1. The SMILES string of the molecule is CCCOc1nc(N)nc(N2CCC(C(N)=O)C2)n1. The second kappa shape index (κ2) is 5.68. The molecule has 4 N–H and O–H groups in total. The highest BCUT2D eigenvalue weighted by Crippen LogP contribution is 2.22. The Labute approximate surface area is 111 Å². The second-order valence-electron chi connectivity index (χ2n) is 4.46. The van der Waals surface area contributed by atoms with Crippen molar-refractivity contribution in [2.75, 3.05) is 30.3 Å². The van der Waals surface area contributed by atoms with Crippen LogP contribution in [0.2, 0.25) is 0 Å². The maximum Gasteiger partial charge on any atom is 0.323 e. The third-order valence-corrected chi connectivity index (χ3v) is 2.93. The van der Waals surface area contributed by atoms with Crippen molar-refractivity contribution in [3.8, 4) is 6.01 Å². The number of carbonyl (C=O) groups excluding carboxylic acids is 1. The Morgan fingerprint density at radius 1 is 1.47 bits per heavy atom. The van der Waals surface area contributed by atoms with Gasteiger partial charge in [0.1, 0.15) is 0 Å². The molecule has 1 aromatic heterocycles. The van der Waals surface area contributed by atoms with Crippen molar-refractivity contribution in [3.05, 3.63) is 0 Å². The minimum atomic E-state index is -0.299. The third-order valence-electron chi connectivity index (χ3n) is 2.93. The molecule has 2 heterocycles. The van der Waals surface area contributed by atoms with Gasteiger partial charge < -0.3 is 21.1 Å². The number of nitrogens with two attached hydrogens (primary N) is 2. The molecule has 2 rings (SSSR count). The monoisotopic (exact) mass is 266 g/mol. The zero-order chi connectivity index (χ0) is 13.8. The van der Waals surface area contributed by atoms with Gasteiger partial charge in [0.05, 0.1) is 12.5 Å². The summed E-state index contributed by atoms with van der Waals surface area (Å²) < 4.78 is 5.35. The highest BCUT2D eigenvalue weighted by atomic mass is 16.5. The summed E-state index contributed by atoms with van der Waals surface area (Å²) in [7, 11) is 0. The first-order valence-corrected chi connectivity index (χ1v) is 6.28. The Hall–Kier alpha value is -2.12. The lowest BCUT2D eigenvalue weighted by Gasteiger charge is -2.16. The van der Waals surface area contributed by atoms with Crippen molar-refractivity contribution in [2.45, 2.75) is 19.8 Å². The van der Waals surface area contributed by atoms with Crippen LogP contribution in [0, 0.1) is 5.92 Å². The van der Waals surface area contributed by atoms with Crippen LogP contribution >= 0.6 is 0 Å². The molecule has 1 atom stereocenters. The van der Waals surface area contributed by atoms with Gasteiger partial charge in [0.15, 0.2) is 0 Å². The molecule has 104 valence electrons. The van der Waals surface area contributed by atoms with Gasteiger partial charge in [0.2, 0.25) is 17.8 Å². The van der Waals surface area contributed by atoms with Gasteiger partial charge in [-0.15, -0.1) is 0 Å². The largest absolute Gasteiger partial charge is 0.463 e. The number of hydrogen-bond acceptors (Lipinski definition) is 7. The summed E-state index contributed by atoms with van der Waals surface area (Å²) in [5.74, 6) is 0.0750. The zero-order valence-corrected chi connectivity index (χ0v) is 10.9. The van der Waals surface area contributed by atoms with E-state index in [1.807, 2.05) is 11.8 Å². The number of anilines is 2. The van der Waals surface area contributed by atoms with E-state index in [0.29, 0.717) is 32.1 Å². The first kappa shape index (κ1) is 13.3. The smallest absolute Gasteiger partial charge is 0.323 e. The average Bonchev–Trinajstić information content (AvgIpc) is 2.85. The van der Waals surface area contributed by atoms with Crippen LogP contribution < -0.4 is 21.1 Å². The van der Waals surface area contributed by atoms with Crippen molar-refractivity contribution >= 4 is 17.8 Å². The number of nitrogens with zero attached hydrogens (tertiary/aromatic N) is 4. The molecule has 0 aromatic carbocycles. The Morgan fingerprint density at radius 2 is 2.26 bits per heavy atom. The fourth-order valence-corrected chi connectivity index (χ4v) is 1.93. The number of rotatable bonds is 5. The van der Waals surface area contributed by atoms with E-state index >= 15 is 0 Å². The van der Waals surface area contributed by atoms with E-state index in [-0.39, 0.29) is 23.8 Å². The van der Waals surface area contributed by atoms with Crippen LogP contribution in [0.25, 0.3) is 0 Å². The molecule has 1 fully saturated rings. The number of carbonyl (C=O) groups is 1. The lowest BCUT2D eigenvalue weighted by atomic mass is 10.1. The van der Waals surface area contributed by atoms with Crippen molar-refractivity contribution in [3.63, 3.8) is 0 Å². The molecule has 1 aliphatic heterocycles. The number of hydrogen-bond donors (Lipinski definition) is 2. The maximum atomic E-state index is 11.1. The van der Waals surface area contributed by atoms with E-state index in [1.165, 1.54) is 0 Å². The molecule has 0 aliphatic carbocycles. The van der Waals surface area contributed by atoms with Crippen molar-refractivity contribution in [1.82, 2.24) is 15.0 Å². The van der Waals surface area contributed by atoms with Crippen LogP contribution in [0.1, 0.15) is 19.8 Å². The molecule has 19 heavy (non-hydrogen) atoms. The van der Waals surface area contributed by atoms with Crippen LogP contribution in [0.15, 0.2) is 0 Å². The van der Waals surface area contributed by atoms with E-state index in [9.17, 15) is 4.79 Å². The first-order valence-electron chi connectivity index (χ1n) is 6.28. The highest BCUT2D eigenvalue weighted by molar-refractivity contribution is 5.78. The number of amides is 1. The highest BCUT2D eigenvalue weighted by Gasteiger charge is 2.28. The number of aromatic nitrogens is 3. The molecule has 0 radical (unpaired) electrons. The van der Waals surface area contributed by atoms with Gasteiger partial charge in [-0.3, -0.25) is 4.79 Å². The predicted octanol–water partition coefficient (Wildman–Crippen LogP) is -0.446. The molecule has 1 aromatic rings.